The zero-order chi connectivity index (χ0) is 41.8. The van der Waals surface area contributed by atoms with E-state index < -0.39 is 11.9 Å². The van der Waals surface area contributed by atoms with Gasteiger partial charge in [-0.25, -0.2) is 0 Å². The molecule has 3 N–H and O–H groups in total. The van der Waals surface area contributed by atoms with Crippen LogP contribution in [0.3, 0.4) is 0 Å². The van der Waals surface area contributed by atoms with Gasteiger partial charge < -0.3 is 20.1 Å². The van der Waals surface area contributed by atoms with E-state index in [2.05, 4.69) is 41.5 Å². The second-order valence-electron chi connectivity index (χ2n) is 23.3. The quantitative estimate of drug-likeness (QED) is 0.188. The lowest BCUT2D eigenvalue weighted by atomic mass is 9.44. The van der Waals surface area contributed by atoms with Crippen molar-refractivity contribution >= 4 is 17.9 Å². The Labute approximate surface area is 352 Å². The molecule has 8 saturated carbocycles. The standard InChI is InChI=1S/C27H44O4.C24H40O3/c1-5-25(30)31-19-12-14-26(3)18(16-19)7-8-20-22-10-9-21(17(2)6-11-24(28)29)27(22,4)15-13-23(20)26;1-15(4-9-22(26)27)19-7-8-20-18-6-5-16-14-17(25)10-12-23(16,2)21(18)11-13-24(19,20)3/h17-23H,5-16H2,1-4H3,(H,28,29);15-21,25H,4-14H2,1-3H3,(H,26,27)/t17-,18-,19-,20?,21-,22?,23?,26+,27-;15-,16-,17-,18?,19-,20?,21?,23+,24-/m11/s1. The molecule has 8 rings (SSSR count). The van der Waals surface area contributed by atoms with Gasteiger partial charge in [-0.1, -0.05) is 48.5 Å². The summed E-state index contributed by atoms with van der Waals surface area (Å²) in [6, 6.07) is 0. The third-order valence-corrected chi connectivity index (χ3v) is 21.0. The molecule has 8 aliphatic rings. The topological polar surface area (TPSA) is 121 Å². The largest absolute Gasteiger partial charge is 0.481 e. The van der Waals surface area contributed by atoms with Crippen molar-refractivity contribution in [1.29, 1.82) is 0 Å². The Hall–Kier alpha value is -1.63. The molecule has 0 aromatic rings. The number of carboxylic acids is 2. The van der Waals surface area contributed by atoms with Gasteiger partial charge in [0.25, 0.3) is 0 Å². The Morgan fingerprint density at radius 3 is 1.47 bits per heavy atom. The van der Waals surface area contributed by atoms with E-state index in [-0.39, 0.29) is 18.2 Å². The van der Waals surface area contributed by atoms with E-state index in [1.165, 1.54) is 89.9 Å². The number of rotatable bonds is 10. The fraction of sp³-hybridized carbons (Fsp3) is 0.941. The van der Waals surface area contributed by atoms with Crippen LogP contribution >= 0.6 is 0 Å². The van der Waals surface area contributed by atoms with Gasteiger partial charge in [0, 0.05) is 19.3 Å². The predicted octanol–water partition coefficient (Wildman–Crippen LogP) is 12.0. The number of aliphatic hydroxyl groups is 1. The number of hydrogen-bond acceptors (Lipinski definition) is 5. The molecule has 58 heavy (non-hydrogen) atoms. The molecule has 0 aromatic heterocycles. The second kappa shape index (κ2) is 17.3. The molecule has 0 radical (unpaired) electrons. The zero-order valence-electron chi connectivity index (χ0n) is 37.8. The maximum atomic E-state index is 11.8. The summed E-state index contributed by atoms with van der Waals surface area (Å²) in [5.74, 6) is 7.60. The van der Waals surface area contributed by atoms with Crippen molar-refractivity contribution in [2.24, 2.45) is 92.7 Å². The lowest BCUT2D eigenvalue weighted by molar-refractivity contribution is -0.162. The molecule has 0 bridgehead atoms. The molecular weight excluding hydrogens is 725 g/mol. The van der Waals surface area contributed by atoms with E-state index >= 15 is 0 Å². The highest BCUT2D eigenvalue weighted by Crippen LogP contribution is 2.70. The lowest BCUT2D eigenvalue weighted by Gasteiger charge is -2.61. The van der Waals surface area contributed by atoms with Gasteiger partial charge in [0.2, 0.25) is 0 Å². The maximum Gasteiger partial charge on any atom is 0.305 e. The summed E-state index contributed by atoms with van der Waals surface area (Å²) in [5, 5.41) is 28.4. The normalized spacial score (nSPS) is 47.6. The zero-order valence-corrected chi connectivity index (χ0v) is 37.8. The Kier molecular flexibility index (Phi) is 13.2. The number of hydrogen-bond donors (Lipinski definition) is 3. The molecule has 0 aliphatic heterocycles. The Bertz CT molecular complexity index is 1480. The molecule has 7 nitrogen and oxygen atoms in total. The summed E-state index contributed by atoms with van der Waals surface area (Å²) < 4.78 is 5.76. The number of ether oxygens (including phenoxy) is 1. The number of aliphatic hydroxyl groups excluding tert-OH is 1. The van der Waals surface area contributed by atoms with Gasteiger partial charge >= 0.3 is 17.9 Å². The van der Waals surface area contributed by atoms with Gasteiger partial charge in [-0.15, -0.1) is 0 Å². The number of esters is 1. The molecule has 18 atom stereocenters. The highest BCUT2D eigenvalue weighted by atomic mass is 16.5. The number of fused-ring (bicyclic) bond motifs is 10. The third-order valence-electron chi connectivity index (χ3n) is 21.0. The first-order chi connectivity index (χ1) is 27.4. The van der Waals surface area contributed by atoms with E-state index in [0.29, 0.717) is 70.5 Å². The van der Waals surface area contributed by atoms with Crippen molar-refractivity contribution in [2.45, 2.75) is 208 Å². The minimum Gasteiger partial charge on any atom is -0.481 e. The molecule has 6 unspecified atom stereocenters. The number of carbonyl (C=O) groups is 3. The van der Waals surface area contributed by atoms with Crippen LogP contribution < -0.4 is 0 Å². The molecular formula is C51H84O7. The summed E-state index contributed by atoms with van der Waals surface area (Å²) >= 11 is 0. The molecule has 7 heteroatoms. The van der Waals surface area contributed by atoms with Gasteiger partial charge in [-0.2, -0.15) is 0 Å². The summed E-state index contributed by atoms with van der Waals surface area (Å²) in [4.78, 5) is 34.0. The van der Waals surface area contributed by atoms with Crippen LogP contribution in [-0.4, -0.2) is 45.4 Å². The van der Waals surface area contributed by atoms with E-state index in [4.69, 9.17) is 14.9 Å². The molecule has 0 amide bonds. The minimum atomic E-state index is -0.651. The van der Waals surface area contributed by atoms with E-state index in [1.54, 1.807) is 0 Å². The van der Waals surface area contributed by atoms with Gasteiger partial charge in [0.15, 0.2) is 0 Å². The van der Waals surface area contributed by atoms with Crippen molar-refractivity contribution in [2.75, 3.05) is 0 Å². The summed E-state index contributed by atoms with van der Waals surface area (Å²) in [6.07, 6.45) is 25.5. The molecule has 0 heterocycles. The van der Waals surface area contributed by atoms with Gasteiger partial charge in [-0.3, -0.25) is 14.4 Å². The number of carbonyl (C=O) groups excluding carboxylic acids is 1. The summed E-state index contributed by atoms with van der Waals surface area (Å²) in [7, 11) is 0. The van der Waals surface area contributed by atoms with Crippen LogP contribution in [0.15, 0.2) is 0 Å². The van der Waals surface area contributed by atoms with Crippen molar-refractivity contribution in [3.63, 3.8) is 0 Å². The lowest BCUT2D eigenvalue weighted by Crippen LogP contribution is -2.54. The van der Waals surface area contributed by atoms with Crippen molar-refractivity contribution in [3.8, 4) is 0 Å². The highest BCUT2D eigenvalue weighted by Gasteiger charge is 2.62. The monoisotopic (exact) mass is 809 g/mol. The first-order valence-corrected chi connectivity index (χ1v) is 24.8. The molecule has 0 aromatic carbocycles. The average molecular weight is 809 g/mol. The summed E-state index contributed by atoms with van der Waals surface area (Å²) in [6.45, 7) is 16.7. The molecule has 330 valence electrons. The Morgan fingerprint density at radius 2 is 1.00 bits per heavy atom. The smallest absolute Gasteiger partial charge is 0.305 e. The SMILES string of the molecule is CCC(=O)O[C@@H]1CC[C@]2(C)C3CC[C@@]4(C)C(CC[C@@H]4[C@H](C)CCC(=O)O)C3CC[C@@H]2C1.C[C@H](CCC(=O)O)[C@H]1CCC2C3CC[C@@H]4C[C@H](O)CC[C@]4(C)C3CC[C@@]21C. The molecule has 0 saturated heterocycles. The molecule has 8 fully saturated rings. The Balaban J connectivity index is 0.000000178. The third kappa shape index (κ3) is 8.09. The van der Waals surface area contributed by atoms with Crippen LogP contribution in [0, 0.1) is 92.7 Å². The summed E-state index contributed by atoms with van der Waals surface area (Å²) in [5.41, 5.74) is 1.69. The minimum absolute atomic E-state index is 0.0373. The fourth-order valence-corrected chi connectivity index (χ4v) is 17.9. The molecule has 8 aliphatic carbocycles. The van der Waals surface area contributed by atoms with E-state index in [1.807, 2.05) is 6.92 Å². The van der Waals surface area contributed by atoms with Crippen molar-refractivity contribution in [3.05, 3.63) is 0 Å². The van der Waals surface area contributed by atoms with Gasteiger partial charge in [0.05, 0.1) is 6.10 Å². The first-order valence-electron chi connectivity index (χ1n) is 24.8. The van der Waals surface area contributed by atoms with Crippen LogP contribution in [0.25, 0.3) is 0 Å². The number of carboxylic acid groups (broad SMARTS) is 2. The van der Waals surface area contributed by atoms with E-state index in [9.17, 15) is 19.5 Å². The Morgan fingerprint density at radius 1 is 0.569 bits per heavy atom. The fourth-order valence-electron chi connectivity index (χ4n) is 17.9. The highest BCUT2D eigenvalue weighted by molar-refractivity contribution is 5.69. The second-order valence-corrected chi connectivity index (χ2v) is 23.3. The number of aliphatic carboxylic acids is 2. The van der Waals surface area contributed by atoms with Gasteiger partial charge in [-0.05, 0) is 221 Å². The maximum absolute atomic E-state index is 11.8. The van der Waals surface area contributed by atoms with E-state index in [0.717, 1.165) is 80.0 Å². The van der Waals surface area contributed by atoms with Crippen LogP contribution in [0.5, 0.6) is 0 Å². The first kappa shape index (κ1) is 44.4. The van der Waals surface area contributed by atoms with Gasteiger partial charge in [0.1, 0.15) is 6.10 Å². The van der Waals surface area contributed by atoms with Crippen molar-refractivity contribution < 1.29 is 34.4 Å². The van der Waals surface area contributed by atoms with Crippen LogP contribution in [0.2, 0.25) is 0 Å². The van der Waals surface area contributed by atoms with Crippen LogP contribution in [0.4, 0.5) is 0 Å². The molecule has 0 spiro atoms. The van der Waals surface area contributed by atoms with Crippen LogP contribution in [-0.2, 0) is 19.1 Å². The van der Waals surface area contributed by atoms with Crippen LogP contribution in [0.1, 0.15) is 196 Å². The average Bonchev–Trinajstić information content (AvgIpc) is 3.73. The predicted molar refractivity (Wildman–Crippen MR) is 229 cm³/mol. The van der Waals surface area contributed by atoms with Crippen molar-refractivity contribution in [1.82, 2.24) is 0 Å².